The molecule has 0 spiro atoms. The predicted octanol–water partition coefficient (Wildman–Crippen LogP) is 2.95. The molecule has 1 aliphatic rings. The average molecular weight is 275 g/mol. The summed E-state index contributed by atoms with van der Waals surface area (Å²) in [6, 6.07) is 6.68. The molecule has 2 heterocycles. The molecule has 1 aliphatic heterocycles. The van der Waals surface area contributed by atoms with Crippen LogP contribution in [-0.2, 0) is 6.42 Å². The van der Waals surface area contributed by atoms with E-state index in [0.29, 0.717) is 17.8 Å². The quantitative estimate of drug-likeness (QED) is 0.932. The van der Waals surface area contributed by atoms with Crippen LogP contribution in [0.4, 0.5) is 4.39 Å². The van der Waals surface area contributed by atoms with Crippen LogP contribution in [0.3, 0.4) is 0 Å². The Hall–Kier alpha value is -1.75. The summed E-state index contributed by atoms with van der Waals surface area (Å²) < 4.78 is 18.1. The zero-order valence-corrected chi connectivity index (χ0v) is 11.3. The van der Waals surface area contributed by atoms with E-state index >= 15 is 0 Å². The van der Waals surface area contributed by atoms with Gasteiger partial charge in [0.05, 0.1) is 0 Å². The molecule has 0 saturated carbocycles. The Bertz CT molecular complexity index is 547. The van der Waals surface area contributed by atoms with Crippen molar-refractivity contribution in [2.45, 2.75) is 38.1 Å². The molecule has 1 N–H and O–H groups in total. The van der Waals surface area contributed by atoms with E-state index in [-0.39, 0.29) is 5.82 Å². The van der Waals surface area contributed by atoms with Crippen molar-refractivity contribution in [3.8, 4) is 11.4 Å². The van der Waals surface area contributed by atoms with Gasteiger partial charge in [0, 0.05) is 18.0 Å². The molecule has 0 aliphatic carbocycles. The number of halogens is 1. The first kappa shape index (κ1) is 13.2. The predicted molar refractivity (Wildman–Crippen MR) is 73.7 cm³/mol. The van der Waals surface area contributed by atoms with Crippen molar-refractivity contribution in [3.05, 3.63) is 36.0 Å². The molecule has 106 valence electrons. The Morgan fingerprint density at radius 1 is 1.25 bits per heavy atom. The number of piperidine rings is 1. The summed E-state index contributed by atoms with van der Waals surface area (Å²) in [5.41, 5.74) is 0.775. The first-order chi connectivity index (χ1) is 9.81. The van der Waals surface area contributed by atoms with Crippen LogP contribution in [0.1, 0.15) is 31.6 Å². The van der Waals surface area contributed by atoms with Crippen molar-refractivity contribution < 1.29 is 8.91 Å². The smallest absolute Gasteiger partial charge is 0.227 e. The number of nitrogens with zero attached hydrogens (tertiary/aromatic N) is 2. The molecule has 1 fully saturated rings. The Morgan fingerprint density at radius 3 is 2.85 bits per heavy atom. The van der Waals surface area contributed by atoms with E-state index in [1.54, 1.807) is 12.1 Å². The van der Waals surface area contributed by atoms with Crippen LogP contribution in [0.5, 0.6) is 0 Å². The van der Waals surface area contributed by atoms with Gasteiger partial charge in [0.15, 0.2) is 0 Å². The topological polar surface area (TPSA) is 51.0 Å². The van der Waals surface area contributed by atoms with Gasteiger partial charge in [0.25, 0.3) is 0 Å². The third kappa shape index (κ3) is 3.22. The maximum Gasteiger partial charge on any atom is 0.227 e. The van der Waals surface area contributed by atoms with Crippen molar-refractivity contribution in [2.75, 3.05) is 6.54 Å². The highest BCUT2D eigenvalue weighted by molar-refractivity contribution is 5.53. The molecular weight excluding hydrogens is 257 g/mol. The second kappa shape index (κ2) is 6.13. The van der Waals surface area contributed by atoms with Crippen molar-refractivity contribution >= 4 is 0 Å². The number of benzene rings is 1. The normalized spacial score (nSPS) is 19.1. The highest BCUT2D eigenvalue weighted by Gasteiger charge is 2.15. The zero-order valence-electron chi connectivity index (χ0n) is 11.3. The van der Waals surface area contributed by atoms with Crippen LogP contribution in [-0.4, -0.2) is 22.7 Å². The Morgan fingerprint density at radius 2 is 2.10 bits per heavy atom. The zero-order chi connectivity index (χ0) is 13.8. The third-order valence-electron chi connectivity index (χ3n) is 3.69. The van der Waals surface area contributed by atoms with Gasteiger partial charge in [-0.3, -0.25) is 0 Å². The molecule has 0 amide bonds. The lowest BCUT2D eigenvalue weighted by Gasteiger charge is -2.22. The number of aromatic nitrogens is 2. The molecule has 3 rings (SSSR count). The SMILES string of the molecule is Fc1ccc(-c2noc(CCC3CCCCN3)n2)cc1. The standard InChI is InChI=1S/C15H18FN3O/c16-12-6-4-11(5-7-12)15-18-14(20-19-15)9-8-13-3-1-2-10-17-13/h4-7,13,17H,1-3,8-10H2. The minimum absolute atomic E-state index is 0.263. The van der Waals surface area contributed by atoms with E-state index in [4.69, 9.17) is 4.52 Å². The summed E-state index contributed by atoms with van der Waals surface area (Å²) in [5, 5.41) is 7.45. The highest BCUT2D eigenvalue weighted by Crippen LogP contribution is 2.18. The van der Waals surface area contributed by atoms with E-state index in [2.05, 4.69) is 15.5 Å². The minimum Gasteiger partial charge on any atom is -0.339 e. The monoisotopic (exact) mass is 275 g/mol. The van der Waals surface area contributed by atoms with Crippen LogP contribution < -0.4 is 5.32 Å². The third-order valence-corrected chi connectivity index (χ3v) is 3.69. The molecule has 4 nitrogen and oxygen atoms in total. The molecule has 20 heavy (non-hydrogen) atoms. The molecule has 1 aromatic carbocycles. The van der Waals surface area contributed by atoms with Gasteiger partial charge in [-0.25, -0.2) is 4.39 Å². The number of hydrogen-bond donors (Lipinski definition) is 1. The van der Waals surface area contributed by atoms with Crippen LogP contribution in [0, 0.1) is 5.82 Å². The fraction of sp³-hybridized carbons (Fsp3) is 0.467. The summed E-state index contributed by atoms with van der Waals surface area (Å²) in [5.74, 6) is 0.911. The maximum absolute atomic E-state index is 12.9. The fourth-order valence-electron chi connectivity index (χ4n) is 2.54. The Labute approximate surface area is 117 Å². The molecule has 1 unspecified atom stereocenters. The van der Waals surface area contributed by atoms with Gasteiger partial charge in [-0.05, 0) is 50.1 Å². The van der Waals surface area contributed by atoms with Crippen molar-refractivity contribution in [2.24, 2.45) is 0 Å². The molecule has 1 aromatic heterocycles. The number of aryl methyl sites for hydroxylation is 1. The Balaban J connectivity index is 1.60. The van der Waals surface area contributed by atoms with Gasteiger partial charge < -0.3 is 9.84 Å². The second-order valence-corrected chi connectivity index (χ2v) is 5.20. The van der Waals surface area contributed by atoms with Crippen molar-refractivity contribution in [1.82, 2.24) is 15.5 Å². The molecule has 1 atom stereocenters. The van der Waals surface area contributed by atoms with Crippen LogP contribution in [0.15, 0.2) is 28.8 Å². The first-order valence-electron chi connectivity index (χ1n) is 7.13. The molecule has 2 aromatic rings. The lowest BCUT2D eigenvalue weighted by Crippen LogP contribution is -2.34. The Kier molecular flexibility index (Phi) is 4.06. The molecule has 5 heteroatoms. The van der Waals surface area contributed by atoms with Crippen LogP contribution in [0.2, 0.25) is 0 Å². The lowest BCUT2D eigenvalue weighted by molar-refractivity contribution is 0.342. The van der Waals surface area contributed by atoms with E-state index < -0.39 is 0 Å². The molecule has 0 radical (unpaired) electrons. The largest absolute Gasteiger partial charge is 0.339 e. The van der Waals surface area contributed by atoms with Crippen LogP contribution >= 0.6 is 0 Å². The van der Waals surface area contributed by atoms with Crippen molar-refractivity contribution in [1.29, 1.82) is 0 Å². The summed E-state index contributed by atoms with van der Waals surface area (Å²) in [6.07, 6.45) is 5.59. The van der Waals surface area contributed by atoms with E-state index in [9.17, 15) is 4.39 Å². The highest BCUT2D eigenvalue weighted by atomic mass is 19.1. The number of rotatable bonds is 4. The van der Waals surface area contributed by atoms with Crippen LogP contribution in [0.25, 0.3) is 11.4 Å². The second-order valence-electron chi connectivity index (χ2n) is 5.20. The fourth-order valence-corrected chi connectivity index (χ4v) is 2.54. The maximum atomic E-state index is 12.9. The minimum atomic E-state index is -0.263. The average Bonchev–Trinajstić information content (AvgIpc) is 2.96. The molecule has 0 bridgehead atoms. The van der Waals surface area contributed by atoms with Crippen molar-refractivity contribution in [3.63, 3.8) is 0 Å². The van der Waals surface area contributed by atoms with E-state index in [1.807, 2.05) is 0 Å². The summed E-state index contributed by atoms with van der Waals surface area (Å²) in [6.45, 7) is 1.11. The number of hydrogen-bond acceptors (Lipinski definition) is 4. The van der Waals surface area contributed by atoms with E-state index in [1.165, 1.54) is 31.4 Å². The van der Waals surface area contributed by atoms with Gasteiger partial charge in [-0.1, -0.05) is 11.6 Å². The molecule has 1 saturated heterocycles. The van der Waals surface area contributed by atoms with Gasteiger partial charge in [-0.15, -0.1) is 0 Å². The van der Waals surface area contributed by atoms with Gasteiger partial charge in [0.2, 0.25) is 11.7 Å². The summed E-state index contributed by atoms with van der Waals surface area (Å²) >= 11 is 0. The summed E-state index contributed by atoms with van der Waals surface area (Å²) in [7, 11) is 0. The van der Waals surface area contributed by atoms with E-state index in [0.717, 1.165) is 24.9 Å². The molecular formula is C15H18FN3O. The number of nitrogens with one attached hydrogen (secondary N) is 1. The van der Waals surface area contributed by atoms with Gasteiger partial charge >= 0.3 is 0 Å². The summed E-state index contributed by atoms with van der Waals surface area (Å²) in [4.78, 5) is 4.37. The van der Waals surface area contributed by atoms with Gasteiger partial charge in [-0.2, -0.15) is 4.98 Å². The lowest BCUT2D eigenvalue weighted by atomic mass is 10.0. The van der Waals surface area contributed by atoms with Gasteiger partial charge in [0.1, 0.15) is 5.82 Å². The first-order valence-corrected chi connectivity index (χ1v) is 7.13.